The molecule has 17 heavy (non-hydrogen) atoms. The van der Waals surface area contributed by atoms with Gasteiger partial charge in [0.2, 0.25) is 0 Å². The summed E-state index contributed by atoms with van der Waals surface area (Å²) < 4.78 is 10.1. The highest BCUT2D eigenvalue weighted by atomic mass is 16.5. The molecule has 0 heterocycles. The molecule has 5 heteroatoms. The van der Waals surface area contributed by atoms with Crippen molar-refractivity contribution in [2.24, 2.45) is 0 Å². The van der Waals surface area contributed by atoms with Gasteiger partial charge < -0.3 is 19.5 Å². The maximum atomic E-state index is 11.0. The Labute approximate surface area is 103 Å². The molecular weight excluding hydrogens is 222 g/mol. The van der Waals surface area contributed by atoms with E-state index in [1.54, 1.807) is 21.1 Å². The Kier molecular flexibility index (Phi) is 8.44. The van der Waals surface area contributed by atoms with Crippen LogP contribution in [0.25, 0.3) is 0 Å². The lowest BCUT2D eigenvalue weighted by molar-refractivity contribution is -0.132. The van der Waals surface area contributed by atoms with E-state index in [9.17, 15) is 4.79 Å². The highest BCUT2D eigenvalue weighted by molar-refractivity contribution is 5.86. The van der Waals surface area contributed by atoms with Crippen molar-refractivity contribution < 1.29 is 19.4 Å². The van der Waals surface area contributed by atoms with Crippen molar-refractivity contribution in [2.75, 3.05) is 40.5 Å². The number of carboxylic acid groups (broad SMARTS) is 1. The molecule has 0 saturated heterocycles. The Balaban J connectivity index is 4.82. The number of carbonyl (C=O) groups is 1. The van der Waals surface area contributed by atoms with Gasteiger partial charge in [-0.15, -0.1) is 0 Å². The molecule has 0 amide bonds. The topological polar surface area (TPSA) is 59.0 Å². The highest BCUT2D eigenvalue weighted by Gasteiger charge is 2.14. The molecule has 0 aromatic heterocycles. The third kappa shape index (κ3) is 5.70. The first-order chi connectivity index (χ1) is 8.08. The Hall–Kier alpha value is -1.07. The van der Waals surface area contributed by atoms with Crippen LogP contribution in [0.2, 0.25) is 0 Å². The third-order valence-corrected chi connectivity index (χ3v) is 2.60. The molecule has 0 unspecified atom stereocenters. The Morgan fingerprint density at radius 3 is 1.94 bits per heavy atom. The molecule has 0 fully saturated rings. The van der Waals surface area contributed by atoms with Crippen LogP contribution >= 0.6 is 0 Å². The fraction of sp³-hybridized carbons (Fsp3) is 0.750. The minimum atomic E-state index is -0.873. The van der Waals surface area contributed by atoms with Gasteiger partial charge in [0, 0.05) is 33.0 Å². The van der Waals surface area contributed by atoms with Crippen LogP contribution in [-0.2, 0) is 14.3 Å². The van der Waals surface area contributed by atoms with E-state index in [1.165, 1.54) is 0 Å². The molecule has 0 spiro atoms. The highest BCUT2D eigenvalue weighted by Crippen LogP contribution is 2.14. The average molecular weight is 245 g/mol. The van der Waals surface area contributed by atoms with Crippen molar-refractivity contribution in [3.63, 3.8) is 0 Å². The largest absolute Gasteiger partial charge is 0.478 e. The van der Waals surface area contributed by atoms with Crippen molar-refractivity contribution in [3.05, 3.63) is 11.3 Å². The lowest BCUT2D eigenvalue weighted by Crippen LogP contribution is -2.31. The molecule has 0 aliphatic heterocycles. The van der Waals surface area contributed by atoms with Gasteiger partial charge in [0.15, 0.2) is 0 Å². The van der Waals surface area contributed by atoms with E-state index >= 15 is 0 Å². The summed E-state index contributed by atoms with van der Waals surface area (Å²) in [5.41, 5.74) is 1.23. The molecule has 0 bridgehead atoms. The summed E-state index contributed by atoms with van der Waals surface area (Å²) in [7, 11) is 3.27. The summed E-state index contributed by atoms with van der Waals surface area (Å²) in [6.45, 7) is 6.07. The molecule has 0 saturated carbocycles. The van der Waals surface area contributed by atoms with E-state index in [0.717, 1.165) is 5.70 Å². The molecule has 0 aliphatic rings. The number of rotatable bonds is 9. The quantitative estimate of drug-likeness (QED) is 0.621. The van der Waals surface area contributed by atoms with E-state index in [-0.39, 0.29) is 0 Å². The zero-order chi connectivity index (χ0) is 13.3. The number of allylic oxidation sites excluding steroid dienone is 1. The summed E-state index contributed by atoms with van der Waals surface area (Å²) in [6, 6.07) is 0. The predicted octanol–water partition coefficient (Wildman–Crippen LogP) is 1.35. The summed E-state index contributed by atoms with van der Waals surface area (Å²) in [4.78, 5) is 13.0. The van der Waals surface area contributed by atoms with Crippen molar-refractivity contribution in [1.29, 1.82) is 0 Å². The Morgan fingerprint density at radius 1 is 1.18 bits per heavy atom. The predicted molar refractivity (Wildman–Crippen MR) is 66.0 cm³/mol. The maximum Gasteiger partial charge on any atom is 0.333 e. The molecule has 5 nitrogen and oxygen atoms in total. The number of methoxy groups -OCH3 is 2. The second-order valence-corrected chi connectivity index (χ2v) is 3.70. The Morgan fingerprint density at radius 2 is 1.65 bits per heavy atom. The number of hydrogen-bond donors (Lipinski definition) is 1. The van der Waals surface area contributed by atoms with Gasteiger partial charge in [-0.3, -0.25) is 0 Å². The van der Waals surface area contributed by atoms with Crippen molar-refractivity contribution in [3.8, 4) is 0 Å². The van der Waals surface area contributed by atoms with Crippen LogP contribution in [0.1, 0.15) is 20.3 Å². The summed E-state index contributed by atoms with van der Waals surface area (Å²) >= 11 is 0. The molecule has 100 valence electrons. The molecule has 0 aromatic carbocycles. The number of carboxylic acids is 1. The first-order valence-electron chi connectivity index (χ1n) is 5.74. The summed E-state index contributed by atoms with van der Waals surface area (Å²) in [6.07, 6.45) is 0.686. The molecule has 0 atom stereocenters. The lowest BCUT2D eigenvalue weighted by atomic mass is 10.1. The van der Waals surface area contributed by atoms with Crippen LogP contribution < -0.4 is 0 Å². The lowest BCUT2D eigenvalue weighted by Gasteiger charge is -2.27. The van der Waals surface area contributed by atoms with E-state index in [2.05, 4.69) is 0 Å². The zero-order valence-corrected chi connectivity index (χ0v) is 11.2. The van der Waals surface area contributed by atoms with Gasteiger partial charge in [-0.05, 0) is 13.3 Å². The zero-order valence-electron chi connectivity index (χ0n) is 11.2. The van der Waals surface area contributed by atoms with Crippen LogP contribution in [-0.4, -0.2) is 56.5 Å². The minimum absolute atomic E-state index is 0.389. The van der Waals surface area contributed by atoms with E-state index < -0.39 is 5.97 Å². The number of aliphatic carboxylic acids is 1. The van der Waals surface area contributed by atoms with Gasteiger partial charge in [0.25, 0.3) is 0 Å². The fourth-order valence-corrected chi connectivity index (χ4v) is 1.63. The van der Waals surface area contributed by atoms with E-state index in [4.69, 9.17) is 14.6 Å². The number of hydrogen-bond acceptors (Lipinski definition) is 4. The maximum absolute atomic E-state index is 11.0. The van der Waals surface area contributed by atoms with Crippen molar-refractivity contribution in [1.82, 2.24) is 4.90 Å². The SMILES string of the molecule is CCC(=C(C)C(=O)O)N(CCOC)CCOC. The minimum Gasteiger partial charge on any atom is -0.478 e. The van der Waals surface area contributed by atoms with Gasteiger partial charge in [0.05, 0.1) is 18.8 Å². The molecule has 0 aliphatic carbocycles. The summed E-state index contributed by atoms with van der Waals surface area (Å²) in [5, 5.41) is 9.04. The van der Waals surface area contributed by atoms with Gasteiger partial charge in [-0.25, -0.2) is 4.79 Å². The second kappa shape index (κ2) is 9.01. The van der Waals surface area contributed by atoms with Crippen molar-refractivity contribution >= 4 is 5.97 Å². The van der Waals surface area contributed by atoms with Crippen LogP contribution in [0, 0.1) is 0 Å². The molecule has 0 rings (SSSR count). The normalized spacial score (nSPS) is 12.2. The van der Waals surface area contributed by atoms with Crippen LogP contribution in [0.4, 0.5) is 0 Å². The van der Waals surface area contributed by atoms with Gasteiger partial charge in [-0.2, -0.15) is 0 Å². The smallest absolute Gasteiger partial charge is 0.333 e. The van der Waals surface area contributed by atoms with Crippen LogP contribution in [0.3, 0.4) is 0 Å². The van der Waals surface area contributed by atoms with Crippen LogP contribution in [0.15, 0.2) is 11.3 Å². The van der Waals surface area contributed by atoms with Gasteiger partial charge in [0.1, 0.15) is 0 Å². The monoisotopic (exact) mass is 245 g/mol. The van der Waals surface area contributed by atoms with E-state index in [0.29, 0.717) is 38.3 Å². The second-order valence-electron chi connectivity index (χ2n) is 3.70. The van der Waals surface area contributed by atoms with Gasteiger partial charge in [-0.1, -0.05) is 6.92 Å². The molecule has 0 radical (unpaired) electrons. The standard InChI is InChI=1S/C12H23NO4/c1-5-11(10(2)12(14)15)13(6-8-16-3)7-9-17-4/h5-9H2,1-4H3,(H,14,15). The summed E-state index contributed by atoms with van der Waals surface area (Å²) in [5.74, 6) is -0.873. The first kappa shape index (κ1) is 15.9. The third-order valence-electron chi connectivity index (χ3n) is 2.60. The molecular formula is C12H23NO4. The average Bonchev–Trinajstić information content (AvgIpc) is 2.32. The Bertz CT molecular complexity index is 255. The number of ether oxygens (including phenoxy) is 2. The van der Waals surface area contributed by atoms with Crippen molar-refractivity contribution in [2.45, 2.75) is 20.3 Å². The molecule has 0 aromatic rings. The van der Waals surface area contributed by atoms with Gasteiger partial charge >= 0.3 is 5.97 Å². The van der Waals surface area contributed by atoms with Crippen LogP contribution in [0.5, 0.6) is 0 Å². The molecule has 1 N–H and O–H groups in total. The first-order valence-corrected chi connectivity index (χ1v) is 5.74. The fourth-order valence-electron chi connectivity index (χ4n) is 1.63. The van der Waals surface area contributed by atoms with E-state index in [1.807, 2.05) is 11.8 Å². The number of nitrogens with zero attached hydrogens (tertiary/aromatic N) is 1.